The van der Waals surface area contributed by atoms with E-state index >= 15 is 0 Å². The fraction of sp³-hybridized carbons (Fsp3) is 0.778. The Morgan fingerprint density at radius 1 is 1.79 bits per heavy atom. The molecule has 5 nitrogen and oxygen atoms in total. The van der Waals surface area contributed by atoms with Crippen LogP contribution >= 0.6 is 0 Å². The number of nitrogens with zero attached hydrogens (tertiary/aromatic N) is 1. The van der Waals surface area contributed by atoms with Crippen molar-refractivity contribution >= 4 is 11.9 Å². The van der Waals surface area contributed by atoms with Crippen LogP contribution in [0.1, 0.15) is 33.1 Å². The van der Waals surface area contributed by atoms with Crippen molar-refractivity contribution in [3.05, 3.63) is 0 Å². The van der Waals surface area contributed by atoms with Crippen molar-refractivity contribution in [1.82, 2.24) is 5.06 Å². The monoisotopic (exact) mass is 201 g/mol. The maximum absolute atomic E-state index is 11.3. The van der Waals surface area contributed by atoms with E-state index in [9.17, 15) is 14.7 Å². The van der Waals surface area contributed by atoms with E-state index in [1.807, 2.05) is 6.92 Å². The number of hydroxylamine groups is 2. The molecular weight excluding hydrogens is 186 g/mol. The minimum Gasteiger partial charge on any atom is -0.370 e. The van der Waals surface area contributed by atoms with Gasteiger partial charge in [-0.25, -0.2) is 4.79 Å². The molecule has 0 radical (unpaired) electrons. The summed E-state index contributed by atoms with van der Waals surface area (Å²) < 4.78 is 0. The summed E-state index contributed by atoms with van der Waals surface area (Å²) in [6, 6.07) is 0. The highest BCUT2D eigenvalue weighted by Crippen LogP contribution is 2.18. The highest BCUT2D eigenvalue weighted by Gasteiger charge is 2.33. The Hall–Kier alpha value is -1.10. The van der Waals surface area contributed by atoms with Crippen molar-refractivity contribution in [2.75, 3.05) is 0 Å². The van der Waals surface area contributed by atoms with Gasteiger partial charge in [0.25, 0.3) is 5.91 Å². The largest absolute Gasteiger partial charge is 0.370 e. The highest BCUT2D eigenvalue weighted by molar-refractivity contribution is 5.80. The van der Waals surface area contributed by atoms with Gasteiger partial charge in [0, 0.05) is 12.8 Å². The van der Waals surface area contributed by atoms with Gasteiger partial charge in [-0.2, -0.15) is 0 Å². The molecule has 0 aromatic carbocycles. The van der Waals surface area contributed by atoms with Crippen LogP contribution in [0.2, 0.25) is 0 Å². The van der Waals surface area contributed by atoms with Crippen LogP contribution in [0.4, 0.5) is 0 Å². The summed E-state index contributed by atoms with van der Waals surface area (Å²) in [7, 11) is 0. The van der Waals surface area contributed by atoms with E-state index in [1.54, 1.807) is 6.92 Å². The van der Waals surface area contributed by atoms with Gasteiger partial charge in [-0.1, -0.05) is 13.8 Å². The number of hydrogen-bond acceptors (Lipinski definition) is 4. The van der Waals surface area contributed by atoms with Crippen LogP contribution in [-0.2, 0) is 14.4 Å². The quantitative estimate of drug-likeness (QED) is 0.719. The van der Waals surface area contributed by atoms with Crippen LogP contribution in [0.25, 0.3) is 0 Å². The van der Waals surface area contributed by atoms with Gasteiger partial charge in [0.2, 0.25) is 0 Å². The molecule has 0 aromatic rings. The first kappa shape index (κ1) is 11.0. The van der Waals surface area contributed by atoms with E-state index in [0.717, 1.165) is 5.06 Å². The van der Waals surface area contributed by atoms with E-state index in [1.165, 1.54) is 0 Å². The van der Waals surface area contributed by atoms with Crippen molar-refractivity contribution in [3.63, 3.8) is 0 Å². The number of rotatable bonds is 3. The summed E-state index contributed by atoms with van der Waals surface area (Å²) in [5.74, 6) is -1.06. The molecule has 0 aliphatic carbocycles. The van der Waals surface area contributed by atoms with Gasteiger partial charge in [-0.15, -0.1) is 5.06 Å². The average molecular weight is 201 g/mol. The minimum atomic E-state index is -0.976. The molecule has 1 N–H and O–H groups in total. The zero-order valence-electron chi connectivity index (χ0n) is 8.40. The van der Waals surface area contributed by atoms with Gasteiger partial charge < -0.3 is 9.94 Å². The van der Waals surface area contributed by atoms with Gasteiger partial charge in [0.1, 0.15) is 0 Å². The minimum absolute atomic E-state index is 0.231. The third-order valence-corrected chi connectivity index (χ3v) is 2.34. The Kier molecular flexibility index (Phi) is 3.46. The highest BCUT2D eigenvalue weighted by atomic mass is 16.7. The zero-order valence-corrected chi connectivity index (χ0v) is 8.40. The summed E-state index contributed by atoms with van der Waals surface area (Å²) in [4.78, 5) is 27.2. The average Bonchev–Trinajstić information content (AvgIpc) is 2.48. The standard InChI is InChI=1S/C9H15NO4/c1-3-6(2)9(13)14-10-7(11)4-5-8(10)12/h6-7,11H,3-5H2,1-2H3. The number of aliphatic hydroxyl groups is 1. The summed E-state index contributed by atoms with van der Waals surface area (Å²) in [5.41, 5.74) is 0. The molecule has 2 unspecified atom stereocenters. The van der Waals surface area contributed by atoms with Crippen molar-refractivity contribution in [3.8, 4) is 0 Å². The smallest absolute Gasteiger partial charge is 0.335 e. The number of hydrogen-bond donors (Lipinski definition) is 1. The van der Waals surface area contributed by atoms with Crippen molar-refractivity contribution < 1.29 is 19.5 Å². The number of carbonyl (C=O) groups is 2. The fourth-order valence-corrected chi connectivity index (χ4v) is 1.11. The van der Waals surface area contributed by atoms with E-state index in [2.05, 4.69) is 0 Å². The van der Waals surface area contributed by atoms with Crippen LogP contribution in [0.5, 0.6) is 0 Å². The lowest BCUT2D eigenvalue weighted by Gasteiger charge is -2.20. The van der Waals surface area contributed by atoms with Crippen molar-refractivity contribution in [1.29, 1.82) is 0 Å². The normalized spacial score (nSPS) is 23.8. The Balaban J connectivity index is 2.51. The van der Waals surface area contributed by atoms with E-state index in [4.69, 9.17) is 4.84 Å². The molecule has 2 atom stereocenters. The molecular formula is C9H15NO4. The maximum atomic E-state index is 11.3. The summed E-state index contributed by atoms with van der Waals surface area (Å²) in [5, 5.41) is 10.1. The van der Waals surface area contributed by atoms with E-state index in [0.29, 0.717) is 12.8 Å². The summed E-state index contributed by atoms with van der Waals surface area (Å²) in [6.45, 7) is 3.57. The topological polar surface area (TPSA) is 66.8 Å². The second kappa shape index (κ2) is 4.41. The predicted molar refractivity (Wildman–Crippen MR) is 47.6 cm³/mol. The Morgan fingerprint density at radius 3 is 2.86 bits per heavy atom. The molecule has 1 saturated heterocycles. The molecule has 1 aliphatic rings. The van der Waals surface area contributed by atoms with Crippen molar-refractivity contribution in [2.24, 2.45) is 5.92 Å². The lowest BCUT2D eigenvalue weighted by molar-refractivity contribution is -0.223. The zero-order chi connectivity index (χ0) is 10.7. The maximum Gasteiger partial charge on any atom is 0.335 e. The van der Waals surface area contributed by atoms with Gasteiger partial charge in [0.05, 0.1) is 5.92 Å². The second-order valence-corrected chi connectivity index (χ2v) is 3.46. The molecule has 5 heteroatoms. The van der Waals surface area contributed by atoms with Gasteiger partial charge in [0.15, 0.2) is 6.23 Å². The lowest BCUT2D eigenvalue weighted by atomic mass is 10.1. The first-order valence-corrected chi connectivity index (χ1v) is 4.78. The SMILES string of the molecule is CCC(C)C(=O)ON1C(=O)CCC1O. The van der Waals surface area contributed by atoms with Crippen LogP contribution in [0.3, 0.4) is 0 Å². The fourth-order valence-electron chi connectivity index (χ4n) is 1.11. The van der Waals surface area contributed by atoms with Gasteiger partial charge in [-0.05, 0) is 6.42 Å². The molecule has 1 rings (SSSR count). The lowest BCUT2D eigenvalue weighted by Crippen LogP contribution is -2.36. The van der Waals surface area contributed by atoms with Crippen molar-refractivity contribution in [2.45, 2.75) is 39.3 Å². The first-order chi connectivity index (χ1) is 6.56. The Morgan fingerprint density at radius 2 is 2.43 bits per heavy atom. The van der Waals surface area contributed by atoms with Crippen LogP contribution < -0.4 is 0 Å². The third kappa shape index (κ3) is 2.23. The molecule has 80 valence electrons. The summed E-state index contributed by atoms with van der Waals surface area (Å²) in [6.07, 6.45) is 0.230. The molecule has 1 heterocycles. The number of amides is 1. The van der Waals surface area contributed by atoms with Crippen LogP contribution in [0.15, 0.2) is 0 Å². The van der Waals surface area contributed by atoms with Gasteiger partial charge in [-0.3, -0.25) is 4.79 Å². The molecule has 0 saturated carbocycles. The molecule has 14 heavy (non-hydrogen) atoms. The Bertz CT molecular complexity index is 241. The number of carbonyl (C=O) groups excluding carboxylic acids is 2. The second-order valence-electron chi connectivity index (χ2n) is 3.46. The molecule has 0 aromatic heterocycles. The molecule has 1 aliphatic heterocycles. The molecule has 1 fully saturated rings. The van der Waals surface area contributed by atoms with E-state index < -0.39 is 12.2 Å². The van der Waals surface area contributed by atoms with Crippen LogP contribution in [0, 0.1) is 5.92 Å². The molecule has 1 amide bonds. The Labute approximate surface area is 82.6 Å². The third-order valence-electron chi connectivity index (χ3n) is 2.34. The molecule has 0 spiro atoms. The summed E-state index contributed by atoms with van der Waals surface area (Å²) >= 11 is 0. The molecule has 0 bridgehead atoms. The van der Waals surface area contributed by atoms with Gasteiger partial charge >= 0.3 is 5.97 Å². The first-order valence-electron chi connectivity index (χ1n) is 4.78. The van der Waals surface area contributed by atoms with Crippen LogP contribution in [-0.4, -0.2) is 28.3 Å². The number of aliphatic hydroxyl groups excluding tert-OH is 1. The van der Waals surface area contributed by atoms with E-state index in [-0.39, 0.29) is 18.2 Å². The predicted octanol–water partition coefficient (Wildman–Crippen LogP) is 0.431.